The number of nitrogens with one attached hydrogen (secondary N) is 1. The first-order valence-corrected chi connectivity index (χ1v) is 9.33. The maximum Gasteiger partial charge on any atom is 0.274 e. The first-order valence-electron chi connectivity index (χ1n) is 9.33. The Morgan fingerprint density at radius 3 is 1.89 bits per heavy atom. The van der Waals surface area contributed by atoms with Crippen molar-refractivity contribution in [3.8, 4) is 0 Å². The minimum atomic E-state index is -0.223. The molecule has 1 heterocycles. The second-order valence-corrected chi connectivity index (χ2v) is 7.07. The predicted molar refractivity (Wildman–Crippen MR) is 116 cm³/mol. The lowest BCUT2D eigenvalue weighted by molar-refractivity contribution is 0.102. The van der Waals surface area contributed by atoms with Crippen LogP contribution < -0.4 is 5.32 Å². The molecule has 0 saturated heterocycles. The van der Waals surface area contributed by atoms with E-state index in [1.165, 1.54) is 0 Å². The van der Waals surface area contributed by atoms with E-state index in [-0.39, 0.29) is 5.91 Å². The molecule has 1 amide bonds. The molecule has 28 heavy (non-hydrogen) atoms. The molecular weight excluding hydrogens is 346 g/mol. The average molecular weight is 371 g/mol. The fraction of sp³-hybridized carbons (Fsp3) is 0.208. The number of benzene rings is 2. The van der Waals surface area contributed by atoms with Crippen LogP contribution in [-0.2, 0) is 0 Å². The minimum absolute atomic E-state index is 0.223. The van der Waals surface area contributed by atoms with Gasteiger partial charge >= 0.3 is 0 Å². The molecule has 0 atom stereocenters. The summed E-state index contributed by atoms with van der Waals surface area (Å²) in [6, 6.07) is 17.5. The minimum Gasteiger partial charge on any atom is -0.320 e. The monoisotopic (exact) mass is 371 g/mol. The zero-order chi connectivity index (χ0) is 20.3. The van der Waals surface area contributed by atoms with E-state index < -0.39 is 0 Å². The number of aryl methyl sites for hydroxylation is 4. The first kappa shape index (κ1) is 19.5. The molecule has 0 unspecified atom stereocenters. The van der Waals surface area contributed by atoms with Crippen molar-refractivity contribution in [2.45, 2.75) is 34.6 Å². The standard InChI is InChI=1S/C24H25N3O/c1-15-9-6-10-16(2)22(15)25-19(5)20-13-8-14-21(26-20)24(28)27-23-17(3)11-7-12-18(23)4/h6-14H,1-5H3,(H,27,28). The lowest BCUT2D eigenvalue weighted by Crippen LogP contribution is -2.16. The van der Waals surface area contributed by atoms with Crippen LogP contribution in [0.25, 0.3) is 0 Å². The van der Waals surface area contributed by atoms with Crippen LogP contribution in [0.15, 0.2) is 59.6 Å². The summed E-state index contributed by atoms with van der Waals surface area (Å²) in [7, 11) is 0. The van der Waals surface area contributed by atoms with Crippen molar-refractivity contribution < 1.29 is 4.79 Å². The van der Waals surface area contributed by atoms with Gasteiger partial charge in [-0.05, 0) is 69.0 Å². The quantitative estimate of drug-likeness (QED) is 0.597. The van der Waals surface area contributed by atoms with E-state index in [0.717, 1.165) is 39.3 Å². The highest BCUT2D eigenvalue weighted by molar-refractivity contribution is 6.05. The molecule has 3 rings (SSSR count). The summed E-state index contributed by atoms with van der Waals surface area (Å²) in [4.78, 5) is 22.1. The molecular formula is C24H25N3O. The van der Waals surface area contributed by atoms with Crippen LogP contribution in [0, 0.1) is 27.7 Å². The maximum absolute atomic E-state index is 12.7. The molecule has 142 valence electrons. The van der Waals surface area contributed by atoms with Gasteiger partial charge < -0.3 is 5.32 Å². The summed E-state index contributed by atoms with van der Waals surface area (Å²) >= 11 is 0. The Morgan fingerprint density at radius 2 is 1.29 bits per heavy atom. The molecule has 0 fully saturated rings. The third-order valence-corrected chi connectivity index (χ3v) is 4.79. The van der Waals surface area contributed by atoms with E-state index in [4.69, 9.17) is 4.99 Å². The number of carbonyl (C=O) groups excluding carboxylic acids is 1. The number of nitrogens with zero attached hydrogens (tertiary/aromatic N) is 2. The Labute approximate surface area is 166 Å². The summed E-state index contributed by atoms with van der Waals surface area (Å²) in [5, 5.41) is 2.99. The van der Waals surface area contributed by atoms with Gasteiger partial charge in [-0.1, -0.05) is 42.5 Å². The number of hydrogen-bond acceptors (Lipinski definition) is 3. The fourth-order valence-electron chi connectivity index (χ4n) is 3.16. The summed E-state index contributed by atoms with van der Waals surface area (Å²) in [6.45, 7) is 9.96. The van der Waals surface area contributed by atoms with Crippen LogP contribution in [0.5, 0.6) is 0 Å². The van der Waals surface area contributed by atoms with Crippen molar-refractivity contribution in [1.29, 1.82) is 0 Å². The number of pyridine rings is 1. The van der Waals surface area contributed by atoms with Crippen LogP contribution in [0.1, 0.15) is 45.4 Å². The molecule has 0 aliphatic carbocycles. The number of amides is 1. The van der Waals surface area contributed by atoms with Crippen molar-refractivity contribution in [3.05, 3.63) is 88.2 Å². The normalized spacial score (nSPS) is 11.4. The van der Waals surface area contributed by atoms with Gasteiger partial charge in [0.2, 0.25) is 0 Å². The van der Waals surface area contributed by atoms with Crippen LogP contribution >= 0.6 is 0 Å². The molecule has 1 N–H and O–H groups in total. The highest BCUT2D eigenvalue weighted by Crippen LogP contribution is 2.24. The van der Waals surface area contributed by atoms with Crippen LogP contribution in [0.2, 0.25) is 0 Å². The van der Waals surface area contributed by atoms with Crippen LogP contribution in [0.3, 0.4) is 0 Å². The zero-order valence-corrected chi connectivity index (χ0v) is 17.0. The van der Waals surface area contributed by atoms with Gasteiger partial charge in [0.05, 0.1) is 17.1 Å². The van der Waals surface area contributed by atoms with E-state index in [1.807, 2.05) is 83.1 Å². The molecule has 3 aromatic rings. The molecule has 0 spiro atoms. The third-order valence-electron chi connectivity index (χ3n) is 4.79. The van der Waals surface area contributed by atoms with Gasteiger partial charge in [-0.2, -0.15) is 0 Å². The van der Waals surface area contributed by atoms with E-state index in [0.29, 0.717) is 11.4 Å². The molecule has 0 saturated carbocycles. The topological polar surface area (TPSA) is 54.4 Å². The van der Waals surface area contributed by atoms with Crippen molar-refractivity contribution >= 4 is 23.0 Å². The molecule has 4 heteroatoms. The molecule has 0 radical (unpaired) electrons. The second-order valence-electron chi connectivity index (χ2n) is 7.07. The summed E-state index contributed by atoms with van der Waals surface area (Å²) in [6.07, 6.45) is 0. The zero-order valence-electron chi connectivity index (χ0n) is 17.0. The smallest absolute Gasteiger partial charge is 0.274 e. The highest BCUT2D eigenvalue weighted by Gasteiger charge is 2.12. The lowest BCUT2D eigenvalue weighted by atomic mass is 10.1. The molecule has 2 aromatic carbocycles. The van der Waals surface area contributed by atoms with Crippen molar-refractivity contribution in [1.82, 2.24) is 4.98 Å². The SMILES string of the molecule is CC(=Nc1c(C)cccc1C)c1cccc(C(=O)Nc2c(C)cccc2C)n1. The van der Waals surface area contributed by atoms with Gasteiger partial charge in [-0.3, -0.25) is 9.79 Å². The number of hydrogen-bond donors (Lipinski definition) is 1. The first-order chi connectivity index (χ1) is 13.4. The molecule has 1 aromatic heterocycles. The molecule has 4 nitrogen and oxygen atoms in total. The fourth-order valence-corrected chi connectivity index (χ4v) is 3.16. The third kappa shape index (κ3) is 4.17. The van der Waals surface area contributed by atoms with Gasteiger partial charge in [0.15, 0.2) is 0 Å². The van der Waals surface area contributed by atoms with Crippen LogP contribution in [-0.4, -0.2) is 16.6 Å². The summed E-state index contributed by atoms with van der Waals surface area (Å²) < 4.78 is 0. The summed E-state index contributed by atoms with van der Waals surface area (Å²) in [5.74, 6) is -0.223. The van der Waals surface area contributed by atoms with Gasteiger partial charge in [-0.25, -0.2) is 4.98 Å². The Bertz CT molecular complexity index is 1030. The highest BCUT2D eigenvalue weighted by atomic mass is 16.1. The van der Waals surface area contributed by atoms with Crippen molar-refractivity contribution in [3.63, 3.8) is 0 Å². The molecule has 0 aliphatic rings. The lowest BCUT2D eigenvalue weighted by Gasteiger charge is -2.12. The Kier molecular flexibility index (Phi) is 5.69. The Morgan fingerprint density at radius 1 is 0.786 bits per heavy atom. The second kappa shape index (κ2) is 8.17. The Hall–Kier alpha value is -3.27. The number of anilines is 1. The van der Waals surface area contributed by atoms with Gasteiger partial charge in [0, 0.05) is 5.69 Å². The number of carbonyl (C=O) groups is 1. The predicted octanol–water partition coefficient (Wildman–Crippen LogP) is 5.71. The number of rotatable bonds is 4. The van der Waals surface area contributed by atoms with Crippen LogP contribution in [0.4, 0.5) is 11.4 Å². The average Bonchev–Trinajstić information content (AvgIpc) is 2.67. The van der Waals surface area contributed by atoms with Gasteiger partial charge in [0.1, 0.15) is 5.69 Å². The largest absolute Gasteiger partial charge is 0.320 e. The van der Waals surface area contributed by atoms with E-state index >= 15 is 0 Å². The summed E-state index contributed by atoms with van der Waals surface area (Å²) in [5.41, 5.74) is 7.90. The van der Waals surface area contributed by atoms with E-state index in [9.17, 15) is 4.79 Å². The van der Waals surface area contributed by atoms with E-state index in [2.05, 4.69) is 10.3 Å². The van der Waals surface area contributed by atoms with Crippen molar-refractivity contribution in [2.75, 3.05) is 5.32 Å². The molecule has 0 aliphatic heterocycles. The maximum atomic E-state index is 12.7. The van der Waals surface area contributed by atoms with Gasteiger partial charge in [-0.15, -0.1) is 0 Å². The Balaban J connectivity index is 1.90. The van der Waals surface area contributed by atoms with E-state index in [1.54, 1.807) is 6.07 Å². The molecule has 0 bridgehead atoms. The number of para-hydroxylation sites is 2. The van der Waals surface area contributed by atoms with Crippen molar-refractivity contribution in [2.24, 2.45) is 4.99 Å². The van der Waals surface area contributed by atoms with Gasteiger partial charge in [0.25, 0.3) is 5.91 Å². The number of aromatic nitrogens is 1. The number of aliphatic imine (C=N–C) groups is 1.